The summed E-state index contributed by atoms with van der Waals surface area (Å²) in [5.74, 6) is 2.48. The van der Waals surface area contributed by atoms with E-state index in [0.717, 1.165) is 24.6 Å². The molecule has 0 N–H and O–H groups in total. The Morgan fingerprint density at radius 2 is 2.31 bits per heavy atom. The molecule has 2 atom stereocenters. The molecule has 0 bridgehead atoms. The Hall–Kier alpha value is -1.19. The lowest BCUT2D eigenvalue weighted by Gasteiger charge is -2.23. The predicted molar refractivity (Wildman–Crippen MR) is 59.1 cm³/mol. The van der Waals surface area contributed by atoms with Crippen molar-refractivity contribution in [1.29, 1.82) is 0 Å². The van der Waals surface area contributed by atoms with Crippen LogP contribution < -0.4 is 0 Å². The van der Waals surface area contributed by atoms with E-state index in [0.29, 0.717) is 11.8 Å². The maximum absolute atomic E-state index is 10.9. The van der Waals surface area contributed by atoms with Crippen LogP contribution >= 0.6 is 0 Å². The van der Waals surface area contributed by atoms with E-state index in [1.807, 2.05) is 0 Å². The molecule has 1 fully saturated rings. The molecule has 1 saturated carbocycles. The van der Waals surface area contributed by atoms with Gasteiger partial charge in [0.1, 0.15) is 5.78 Å². The molecule has 2 unspecified atom stereocenters. The molecular weight excluding hydrogens is 204 g/mol. The van der Waals surface area contributed by atoms with Crippen LogP contribution in [0.3, 0.4) is 0 Å². The van der Waals surface area contributed by atoms with Crippen LogP contribution in [0.25, 0.3) is 0 Å². The third kappa shape index (κ3) is 2.68. The Bertz CT molecular complexity index is 373. The summed E-state index contributed by atoms with van der Waals surface area (Å²) in [4.78, 5) is 15.2. The average molecular weight is 222 g/mol. The number of ketones is 1. The first-order valence-electron chi connectivity index (χ1n) is 5.97. The summed E-state index contributed by atoms with van der Waals surface area (Å²) in [5.41, 5.74) is 0. The third-order valence-corrected chi connectivity index (χ3v) is 3.19. The van der Waals surface area contributed by atoms with E-state index in [1.165, 1.54) is 19.8 Å². The van der Waals surface area contributed by atoms with Gasteiger partial charge in [0.15, 0.2) is 5.82 Å². The van der Waals surface area contributed by atoms with E-state index in [2.05, 4.69) is 17.1 Å². The summed E-state index contributed by atoms with van der Waals surface area (Å²) in [6.45, 7) is 3.80. The molecule has 0 radical (unpaired) electrons. The van der Waals surface area contributed by atoms with Crippen molar-refractivity contribution in [3.8, 4) is 0 Å². The molecule has 88 valence electrons. The first-order valence-corrected chi connectivity index (χ1v) is 5.97. The zero-order chi connectivity index (χ0) is 11.5. The molecule has 0 spiro atoms. The maximum atomic E-state index is 10.9. The molecule has 16 heavy (non-hydrogen) atoms. The van der Waals surface area contributed by atoms with Gasteiger partial charge in [-0.1, -0.05) is 24.9 Å². The molecule has 1 aliphatic carbocycles. The first kappa shape index (κ1) is 11.3. The lowest BCUT2D eigenvalue weighted by atomic mass is 9.82. The third-order valence-electron chi connectivity index (χ3n) is 3.19. The fraction of sp³-hybridized carbons (Fsp3) is 0.750. The fourth-order valence-electron chi connectivity index (χ4n) is 2.39. The Morgan fingerprint density at radius 1 is 1.50 bits per heavy atom. The van der Waals surface area contributed by atoms with Crippen molar-refractivity contribution in [3.63, 3.8) is 0 Å². The topological polar surface area (TPSA) is 56.0 Å². The van der Waals surface area contributed by atoms with E-state index in [-0.39, 0.29) is 12.2 Å². The van der Waals surface area contributed by atoms with Crippen LogP contribution in [-0.2, 0) is 11.2 Å². The molecule has 4 nitrogen and oxygen atoms in total. The van der Waals surface area contributed by atoms with Crippen LogP contribution in [0.4, 0.5) is 0 Å². The fourth-order valence-corrected chi connectivity index (χ4v) is 2.39. The van der Waals surface area contributed by atoms with Crippen molar-refractivity contribution in [1.82, 2.24) is 10.1 Å². The van der Waals surface area contributed by atoms with Gasteiger partial charge in [0.2, 0.25) is 5.89 Å². The normalized spacial score (nSPS) is 25.6. The Kier molecular flexibility index (Phi) is 3.36. The minimum Gasteiger partial charge on any atom is -0.339 e. The van der Waals surface area contributed by atoms with Gasteiger partial charge in [-0.25, -0.2) is 0 Å². The van der Waals surface area contributed by atoms with Gasteiger partial charge < -0.3 is 4.52 Å². The van der Waals surface area contributed by atoms with E-state index in [4.69, 9.17) is 4.52 Å². The van der Waals surface area contributed by atoms with E-state index < -0.39 is 0 Å². The quantitative estimate of drug-likeness (QED) is 0.788. The molecule has 0 saturated heterocycles. The van der Waals surface area contributed by atoms with Crippen molar-refractivity contribution in [2.75, 3.05) is 0 Å². The molecule has 1 heterocycles. The van der Waals surface area contributed by atoms with Crippen molar-refractivity contribution in [2.24, 2.45) is 5.92 Å². The second-order valence-corrected chi connectivity index (χ2v) is 4.89. The minimum absolute atomic E-state index is 0.0622. The second kappa shape index (κ2) is 4.76. The molecule has 1 aromatic heterocycles. The summed E-state index contributed by atoms with van der Waals surface area (Å²) in [6.07, 6.45) is 5.08. The van der Waals surface area contributed by atoms with Crippen LogP contribution in [-0.4, -0.2) is 15.9 Å². The Labute approximate surface area is 95.4 Å². The van der Waals surface area contributed by atoms with Crippen LogP contribution in [0.15, 0.2) is 4.52 Å². The monoisotopic (exact) mass is 222 g/mol. The van der Waals surface area contributed by atoms with Crippen LogP contribution in [0.5, 0.6) is 0 Å². The summed E-state index contributed by atoms with van der Waals surface area (Å²) in [5, 5.41) is 3.99. The summed E-state index contributed by atoms with van der Waals surface area (Å²) >= 11 is 0. The van der Waals surface area contributed by atoms with Crippen molar-refractivity contribution < 1.29 is 9.32 Å². The van der Waals surface area contributed by atoms with Gasteiger partial charge in [0.25, 0.3) is 0 Å². The summed E-state index contributed by atoms with van der Waals surface area (Å²) < 4.78 is 5.08. The van der Waals surface area contributed by atoms with Gasteiger partial charge >= 0.3 is 0 Å². The van der Waals surface area contributed by atoms with Gasteiger partial charge in [-0.3, -0.25) is 4.79 Å². The lowest BCUT2D eigenvalue weighted by molar-refractivity contribution is -0.116. The number of nitrogens with zero attached hydrogens (tertiary/aromatic N) is 2. The largest absolute Gasteiger partial charge is 0.339 e. The highest BCUT2D eigenvalue weighted by molar-refractivity contribution is 5.77. The lowest BCUT2D eigenvalue weighted by Crippen LogP contribution is -2.13. The highest BCUT2D eigenvalue weighted by Crippen LogP contribution is 2.34. The minimum atomic E-state index is 0.0622. The Balaban J connectivity index is 2.03. The maximum Gasteiger partial charge on any atom is 0.234 e. The van der Waals surface area contributed by atoms with Crippen molar-refractivity contribution in [3.05, 3.63) is 11.7 Å². The highest BCUT2D eigenvalue weighted by Gasteiger charge is 2.24. The molecule has 1 aromatic rings. The molecule has 2 rings (SSSR count). The van der Waals surface area contributed by atoms with Gasteiger partial charge in [-0.05, 0) is 25.7 Å². The molecular formula is C12H18N2O2. The molecule has 0 aromatic carbocycles. The van der Waals surface area contributed by atoms with Crippen LogP contribution in [0.2, 0.25) is 0 Å². The van der Waals surface area contributed by atoms with E-state index in [1.54, 1.807) is 0 Å². The number of carbonyl (C=O) groups is 1. The van der Waals surface area contributed by atoms with Crippen molar-refractivity contribution >= 4 is 5.78 Å². The number of aromatic nitrogens is 2. The number of hydrogen-bond donors (Lipinski definition) is 0. The van der Waals surface area contributed by atoms with Crippen molar-refractivity contribution in [2.45, 2.75) is 51.9 Å². The van der Waals surface area contributed by atoms with Crippen LogP contribution in [0.1, 0.15) is 57.2 Å². The van der Waals surface area contributed by atoms with E-state index >= 15 is 0 Å². The zero-order valence-electron chi connectivity index (χ0n) is 9.90. The molecule has 0 aliphatic heterocycles. The zero-order valence-corrected chi connectivity index (χ0v) is 9.90. The molecule has 0 amide bonds. The molecule has 1 aliphatic rings. The van der Waals surface area contributed by atoms with Gasteiger partial charge in [-0.15, -0.1) is 0 Å². The van der Waals surface area contributed by atoms with Gasteiger partial charge in [0, 0.05) is 5.92 Å². The first-order chi connectivity index (χ1) is 7.65. The van der Waals surface area contributed by atoms with E-state index in [9.17, 15) is 4.79 Å². The second-order valence-electron chi connectivity index (χ2n) is 4.89. The molecule has 4 heteroatoms. The summed E-state index contributed by atoms with van der Waals surface area (Å²) in [7, 11) is 0. The number of hydrogen-bond acceptors (Lipinski definition) is 4. The number of Topliss-reactive ketones (excluding diaryl/α,β-unsaturated/α-hetero) is 1. The summed E-state index contributed by atoms with van der Waals surface area (Å²) in [6, 6.07) is 0. The Morgan fingerprint density at radius 3 is 3.00 bits per heavy atom. The van der Waals surface area contributed by atoms with Gasteiger partial charge in [0.05, 0.1) is 6.42 Å². The number of carbonyl (C=O) groups excluding carboxylic acids is 1. The van der Waals surface area contributed by atoms with Crippen LogP contribution in [0, 0.1) is 5.92 Å². The number of rotatable bonds is 3. The standard InChI is InChI=1S/C12H18N2O2/c1-8-4-3-5-10(6-8)12-13-11(16-14-12)7-9(2)15/h8,10H,3-7H2,1-2H3. The van der Waals surface area contributed by atoms with Gasteiger partial charge in [-0.2, -0.15) is 4.98 Å². The average Bonchev–Trinajstić information content (AvgIpc) is 2.65. The smallest absolute Gasteiger partial charge is 0.234 e. The highest BCUT2D eigenvalue weighted by atomic mass is 16.5. The predicted octanol–water partition coefficient (Wildman–Crippen LogP) is 2.49. The SMILES string of the molecule is CC(=O)Cc1nc(C2CCCC(C)C2)no1.